The fourth-order valence-electron chi connectivity index (χ4n) is 1.84. The summed E-state index contributed by atoms with van der Waals surface area (Å²) in [4.78, 5) is 31.1. The molecule has 0 aliphatic rings. The molecule has 0 bridgehead atoms. The molecule has 0 saturated heterocycles. The highest BCUT2D eigenvalue weighted by molar-refractivity contribution is 6.10. The molecular weight excluding hydrogens is 396 g/mol. The van der Waals surface area contributed by atoms with Crippen molar-refractivity contribution in [3.05, 3.63) is 65.7 Å². The molecule has 2 aromatic carbocycles. The van der Waals surface area contributed by atoms with E-state index in [-0.39, 0.29) is 11.5 Å². The lowest BCUT2D eigenvalue weighted by Crippen LogP contribution is -2.00. The Hall–Kier alpha value is -3.15. The van der Waals surface area contributed by atoms with Crippen LogP contribution in [0, 0.1) is 0 Å². The summed E-state index contributed by atoms with van der Waals surface area (Å²) in [6.45, 7) is 11.7. The van der Waals surface area contributed by atoms with Crippen molar-refractivity contribution >= 4 is 17.7 Å². The predicted molar refractivity (Wildman–Crippen MR) is 126 cm³/mol. The van der Waals surface area contributed by atoms with E-state index in [9.17, 15) is 19.5 Å². The molecule has 6 heteroatoms. The standard InChI is InChI=1S/C13H10O2.2C4H8O2.2C2H6/c14-12-9-5-4-8-11(12)13(15)10-6-2-1-3-7-10;2*1-2-3-4(5)6;2*1-2/h1-9,14H;2*2-3H2,1H3,(H,5,6);2*1-2H3. The van der Waals surface area contributed by atoms with Gasteiger partial charge in [-0.25, -0.2) is 0 Å². The molecule has 0 radical (unpaired) electrons. The van der Waals surface area contributed by atoms with Gasteiger partial charge in [0.25, 0.3) is 0 Å². The minimum absolute atomic E-state index is 0.0198. The van der Waals surface area contributed by atoms with E-state index >= 15 is 0 Å². The monoisotopic (exact) mass is 434 g/mol. The van der Waals surface area contributed by atoms with Crippen LogP contribution in [0.15, 0.2) is 54.6 Å². The quantitative estimate of drug-likeness (QED) is 0.452. The van der Waals surface area contributed by atoms with E-state index in [1.807, 2.05) is 47.6 Å². The summed E-state index contributed by atoms with van der Waals surface area (Å²) >= 11 is 0. The zero-order chi connectivity index (χ0) is 24.7. The number of benzene rings is 2. The summed E-state index contributed by atoms with van der Waals surface area (Å²) in [7, 11) is 0. The topological polar surface area (TPSA) is 112 Å². The van der Waals surface area contributed by atoms with Gasteiger partial charge in [0.2, 0.25) is 0 Å². The maximum atomic E-state index is 11.9. The summed E-state index contributed by atoms with van der Waals surface area (Å²) in [5, 5.41) is 25.3. The largest absolute Gasteiger partial charge is 0.507 e. The van der Waals surface area contributed by atoms with Crippen molar-refractivity contribution < 1.29 is 29.7 Å². The molecule has 0 aromatic heterocycles. The fourth-order valence-corrected chi connectivity index (χ4v) is 1.84. The highest BCUT2D eigenvalue weighted by Gasteiger charge is 2.11. The molecule has 0 atom stereocenters. The van der Waals surface area contributed by atoms with Crippen LogP contribution < -0.4 is 0 Å². The summed E-state index contributed by atoms with van der Waals surface area (Å²) in [5.74, 6) is -1.56. The van der Waals surface area contributed by atoms with Crippen LogP contribution in [-0.4, -0.2) is 33.0 Å². The van der Waals surface area contributed by atoms with Crippen LogP contribution in [0.4, 0.5) is 0 Å². The fraction of sp³-hybridized carbons (Fsp3) is 0.400. The predicted octanol–water partition coefficient (Wildman–Crippen LogP) is 6.42. The SMILES string of the molecule is CC.CC.CCCC(=O)O.CCCC(=O)O.O=C(c1ccccc1)c1ccccc1O. The Morgan fingerprint density at radius 2 is 1.06 bits per heavy atom. The van der Waals surface area contributed by atoms with Crippen molar-refractivity contribution in [2.24, 2.45) is 0 Å². The van der Waals surface area contributed by atoms with Gasteiger partial charge in [0.15, 0.2) is 5.78 Å². The Labute approximate surface area is 186 Å². The number of rotatable bonds is 6. The summed E-state index contributed by atoms with van der Waals surface area (Å²) < 4.78 is 0. The second kappa shape index (κ2) is 23.1. The smallest absolute Gasteiger partial charge is 0.303 e. The molecule has 0 unspecified atom stereocenters. The Balaban J connectivity index is -0.000000411. The van der Waals surface area contributed by atoms with Crippen LogP contribution in [0.2, 0.25) is 0 Å². The van der Waals surface area contributed by atoms with Crippen molar-refractivity contribution in [3.8, 4) is 5.75 Å². The van der Waals surface area contributed by atoms with E-state index < -0.39 is 11.9 Å². The first kappa shape index (κ1) is 32.5. The maximum absolute atomic E-state index is 11.9. The van der Waals surface area contributed by atoms with Crippen LogP contribution in [0.3, 0.4) is 0 Å². The molecule has 2 rings (SSSR count). The Kier molecular flexibility index (Phi) is 24.3. The van der Waals surface area contributed by atoms with Gasteiger partial charge in [0.05, 0.1) is 5.56 Å². The number of aromatic hydroxyl groups is 1. The third-order valence-electron chi connectivity index (χ3n) is 3.11. The number of phenols is 1. The molecule has 0 amide bonds. The van der Waals surface area contributed by atoms with Gasteiger partial charge in [-0.15, -0.1) is 0 Å². The number of ketones is 1. The molecule has 0 spiro atoms. The number of carbonyl (C=O) groups excluding carboxylic acids is 1. The van der Waals surface area contributed by atoms with Gasteiger partial charge in [-0.3, -0.25) is 14.4 Å². The second-order valence-electron chi connectivity index (χ2n) is 5.50. The first-order chi connectivity index (χ1) is 14.8. The zero-order valence-corrected chi connectivity index (χ0v) is 19.6. The van der Waals surface area contributed by atoms with E-state index in [0.29, 0.717) is 24.0 Å². The number of hydrogen-bond acceptors (Lipinski definition) is 4. The lowest BCUT2D eigenvalue weighted by molar-refractivity contribution is -0.138. The molecule has 0 heterocycles. The number of carboxylic acid groups (broad SMARTS) is 2. The maximum Gasteiger partial charge on any atom is 0.303 e. The van der Waals surface area contributed by atoms with E-state index in [1.54, 1.807) is 42.5 Å². The van der Waals surface area contributed by atoms with E-state index in [0.717, 1.165) is 12.8 Å². The number of carbonyl (C=O) groups is 3. The van der Waals surface area contributed by atoms with E-state index in [4.69, 9.17) is 10.2 Å². The third kappa shape index (κ3) is 18.6. The average Bonchev–Trinajstić information content (AvgIpc) is 2.78. The molecular formula is C25H38O6. The van der Waals surface area contributed by atoms with Gasteiger partial charge in [-0.1, -0.05) is 84.0 Å². The first-order valence-corrected chi connectivity index (χ1v) is 10.6. The van der Waals surface area contributed by atoms with Crippen molar-refractivity contribution in [2.75, 3.05) is 0 Å². The number of aliphatic carboxylic acids is 2. The first-order valence-electron chi connectivity index (χ1n) is 10.6. The minimum Gasteiger partial charge on any atom is -0.507 e. The summed E-state index contributed by atoms with van der Waals surface area (Å²) in [5.41, 5.74) is 0.919. The normalized spacial score (nSPS) is 8.32. The Bertz CT molecular complexity index is 695. The number of para-hydroxylation sites is 1. The van der Waals surface area contributed by atoms with E-state index in [1.165, 1.54) is 6.07 Å². The van der Waals surface area contributed by atoms with Gasteiger partial charge in [-0.2, -0.15) is 0 Å². The van der Waals surface area contributed by atoms with Crippen molar-refractivity contribution in [1.82, 2.24) is 0 Å². The molecule has 31 heavy (non-hydrogen) atoms. The molecule has 0 aliphatic heterocycles. The van der Waals surface area contributed by atoms with Gasteiger partial charge in [-0.05, 0) is 25.0 Å². The summed E-state index contributed by atoms with van der Waals surface area (Å²) in [6.07, 6.45) is 2.05. The molecule has 6 nitrogen and oxygen atoms in total. The van der Waals surface area contributed by atoms with Gasteiger partial charge in [0, 0.05) is 18.4 Å². The number of hydrogen-bond donors (Lipinski definition) is 3. The van der Waals surface area contributed by atoms with Crippen molar-refractivity contribution in [1.29, 1.82) is 0 Å². The molecule has 0 saturated carbocycles. The number of phenolic OH excluding ortho intramolecular Hbond substituents is 1. The summed E-state index contributed by atoms with van der Waals surface area (Å²) in [6, 6.07) is 15.5. The Morgan fingerprint density at radius 1 is 0.677 bits per heavy atom. The van der Waals surface area contributed by atoms with Crippen LogP contribution in [-0.2, 0) is 9.59 Å². The molecule has 2 aromatic rings. The van der Waals surface area contributed by atoms with Crippen LogP contribution in [0.5, 0.6) is 5.75 Å². The van der Waals surface area contributed by atoms with Crippen LogP contribution in [0.1, 0.15) is 83.1 Å². The molecule has 0 aliphatic carbocycles. The highest BCUT2D eigenvalue weighted by Crippen LogP contribution is 2.19. The van der Waals surface area contributed by atoms with Crippen molar-refractivity contribution in [2.45, 2.75) is 67.2 Å². The molecule has 174 valence electrons. The Morgan fingerprint density at radius 3 is 1.39 bits per heavy atom. The van der Waals surface area contributed by atoms with E-state index in [2.05, 4.69) is 0 Å². The van der Waals surface area contributed by atoms with Crippen LogP contribution >= 0.6 is 0 Å². The zero-order valence-electron chi connectivity index (χ0n) is 19.6. The third-order valence-corrected chi connectivity index (χ3v) is 3.11. The highest BCUT2D eigenvalue weighted by atomic mass is 16.4. The number of carboxylic acids is 2. The van der Waals surface area contributed by atoms with Gasteiger partial charge < -0.3 is 15.3 Å². The molecule has 3 N–H and O–H groups in total. The van der Waals surface area contributed by atoms with Gasteiger partial charge >= 0.3 is 11.9 Å². The lowest BCUT2D eigenvalue weighted by atomic mass is 10.0. The minimum atomic E-state index is -0.711. The van der Waals surface area contributed by atoms with Crippen molar-refractivity contribution in [3.63, 3.8) is 0 Å². The second-order valence-corrected chi connectivity index (χ2v) is 5.50. The van der Waals surface area contributed by atoms with Crippen LogP contribution in [0.25, 0.3) is 0 Å². The molecule has 0 fully saturated rings. The lowest BCUT2D eigenvalue weighted by Gasteiger charge is -2.02. The van der Waals surface area contributed by atoms with Gasteiger partial charge in [0.1, 0.15) is 5.75 Å². The average molecular weight is 435 g/mol.